The molecule has 9 heteroatoms. The maximum absolute atomic E-state index is 12.7. The van der Waals surface area contributed by atoms with Crippen LogP contribution in [-0.4, -0.2) is 10.3 Å². The van der Waals surface area contributed by atoms with Gasteiger partial charge in [0.1, 0.15) is 17.3 Å². The summed E-state index contributed by atoms with van der Waals surface area (Å²) in [4.78, 5) is 12.7. The molecule has 0 atom stereocenters. The lowest BCUT2D eigenvalue weighted by molar-refractivity contribution is 0.353. The molecule has 0 bridgehead atoms. The van der Waals surface area contributed by atoms with Crippen molar-refractivity contribution in [3.05, 3.63) is 45.2 Å². The number of halogens is 1. The third-order valence-electron chi connectivity index (χ3n) is 4.98. The number of pyridine rings is 1. The van der Waals surface area contributed by atoms with Gasteiger partial charge < -0.3 is 11.1 Å². The number of nitrogens with two attached hydrogens (primary N) is 1. The molecule has 0 saturated heterocycles. The molecular weight excluding hydrogens is 366 g/mol. The second-order valence-electron chi connectivity index (χ2n) is 6.79. The van der Waals surface area contributed by atoms with Crippen molar-refractivity contribution in [2.75, 3.05) is 16.5 Å². The normalized spacial score (nSPS) is 17.3. The van der Waals surface area contributed by atoms with E-state index in [1.54, 1.807) is 24.3 Å². The Balaban J connectivity index is 1.80. The average molecular weight is 384 g/mol. The van der Waals surface area contributed by atoms with Crippen molar-refractivity contribution in [1.29, 1.82) is 5.26 Å². The Bertz CT molecular complexity index is 1010. The highest BCUT2D eigenvalue weighted by Crippen LogP contribution is 2.41. The minimum Gasteiger partial charge on any atom is -0.396 e. The molecule has 2 aliphatic rings. The summed E-state index contributed by atoms with van der Waals surface area (Å²) in [6.07, 6.45) is 4.98. The average Bonchev–Trinajstić information content (AvgIpc) is 3.03. The number of nitriles is 1. The maximum Gasteiger partial charge on any atom is 0.290 e. The fraction of sp³-hybridized carbons (Fsp3) is 0.333. The molecule has 27 heavy (non-hydrogen) atoms. The number of nitrogen functional groups attached to an aromatic ring is 1. The second kappa shape index (κ2) is 6.59. The first-order valence-corrected chi connectivity index (χ1v) is 9.13. The monoisotopic (exact) mass is 383 g/mol. The summed E-state index contributed by atoms with van der Waals surface area (Å²) < 4.78 is 1.34. The summed E-state index contributed by atoms with van der Waals surface area (Å²) in [7, 11) is 0. The topological polar surface area (TPSA) is 121 Å². The van der Waals surface area contributed by atoms with Crippen molar-refractivity contribution < 1.29 is 0 Å². The lowest BCUT2D eigenvalue weighted by Gasteiger charge is -2.33. The Morgan fingerprint density at radius 3 is 2.56 bits per heavy atom. The van der Waals surface area contributed by atoms with Crippen LogP contribution < -0.4 is 22.0 Å². The molecule has 1 fully saturated rings. The van der Waals surface area contributed by atoms with Gasteiger partial charge in [-0.05, 0) is 49.9 Å². The van der Waals surface area contributed by atoms with E-state index in [2.05, 4.69) is 21.0 Å². The number of anilines is 2. The van der Waals surface area contributed by atoms with Gasteiger partial charge in [-0.15, -0.1) is 5.11 Å². The number of fused-ring (bicyclic) bond motifs is 1. The molecule has 1 aromatic heterocycles. The maximum atomic E-state index is 12.7. The molecule has 0 amide bonds. The van der Waals surface area contributed by atoms with Gasteiger partial charge in [0.15, 0.2) is 11.5 Å². The van der Waals surface area contributed by atoms with Gasteiger partial charge in [0.2, 0.25) is 0 Å². The van der Waals surface area contributed by atoms with Crippen LogP contribution >= 0.6 is 11.6 Å². The van der Waals surface area contributed by atoms with E-state index < -0.39 is 11.2 Å². The van der Waals surface area contributed by atoms with E-state index >= 15 is 0 Å². The molecule has 1 aliphatic heterocycles. The number of nitrogens with one attached hydrogen (secondary N) is 2. The molecule has 8 nitrogen and oxygen atoms in total. The zero-order valence-electron chi connectivity index (χ0n) is 14.5. The third-order valence-corrected chi connectivity index (χ3v) is 5.24. The van der Waals surface area contributed by atoms with Gasteiger partial charge in [-0.2, -0.15) is 10.4 Å². The Morgan fingerprint density at radius 1 is 1.19 bits per heavy atom. The number of hydrogen-bond donors (Lipinski definition) is 3. The number of hydrogen-bond acceptors (Lipinski definition) is 7. The first-order chi connectivity index (χ1) is 13.0. The second-order valence-corrected chi connectivity index (χ2v) is 7.23. The Hall–Kier alpha value is -3.05. The van der Waals surface area contributed by atoms with E-state index in [9.17, 15) is 10.1 Å². The zero-order valence-corrected chi connectivity index (χ0v) is 15.3. The molecule has 1 spiro atoms. The summed E-state index contributed by atoms with van der Waals surface area (Å²) in [6, 6.07) is 8.73. The third kappa shape index (κ3) is 3.00. The molecule has 2 aromatic rings. The number of benzene rings is 1. The van der Waals surface area contributed by atoms with Gasteiger partial charge in [0.25, 0.3) is 5.56 Å². The Morgan fingerprint density at radius 2 is 1.89 bits per heavy atom. The first kappa shape index (κ1) is 17.4. The van der Waals surface area contributed by atoms with E-state index in [0.29, 0.717) is 16.5 Å². The number of nitrogens with zero attached hydrogens (tertiary/aromatic N) is 4. The fourth-order valence-corrected chi connectivity index (χ4v) is 3.71. The zero-order chi connectivity index (χ0) is 19.0. The van der Waals surface area contributed by atoms with Crippen molar-refractivity contribution in [2.24, 2.45) is 10.2 Å². The van der Waals surface area contributed by atoms with Crippen LogP contribution in [0, 0.1) is 11.3 Å². The van der Waals surface area contributed by atoms with Crippen molar-refractivity contribution in [3.63, 3.8) is 0 Å². The molecular formula is C18H18ClN7O. The van der Waals surface area contributed by atoms with Crippen LogP contribution in [0.3, 0.4) is 0 Å². The molecule has 4 rings (SSSR count). The number of rotatable bonds is 2. The van der Waals surface area contributed by atoms with Crippen LogP contribution in [0.25, 0.3) is 0 Å². The SMILES string of the molecule is N#Cc1c(N)c(N=Nc2ccc(Cl)cc2)c2n(c1=O)NC1(CCCCC1)N2. The minimum absolute atomic E-state index is 0.0219. The summed E-state index contributed by atoms with van der Waals surface area (Å²) in [5.74, 6) is 0.441. The smallest absolute Gasteiger partial charge is 0.290 e. The first-order valence-electron chi connectivity index (χ1n) is 8.75. The van der Waals surface area contributed by atoms with Gasteiger partial charge >= 0.3 is 0 Å². The molecule has 1 aliphatic carbocycles. The minimum atomic E-state index is -0.481. The van der Waals surface area contributed by atoms with E-state index in [-0.39, 0.29) is 16.9 Å². The van der Waals surface area contributed by atoms with Crippen LogP contribution in [0.5, 0.6) is 0 Å². The van der Waals surface area contributed by atoms with Gasteiger partial charge in [0, 0.05) is 5.02 Å². The van der Waals surface area contributed by atoms with E-state index in [4.69, 9.17) is 17.3 Å². The van der Waals surface area contributed by atoms with Crippen LogP contribution in [0.15, 0.2) is 39.3 Å². The fourth-order valence-electron chi connectivity index (χ4n) is 3.59. The molecule has 4 N–H and O–H groups in total. The van der Waals surface area contributed by atoms with Crippen LogP contribution in [0.1, 0.15) is 37.7 Å². The summed E-state index contributed by atoms with van der Waals surface area (Å²) in [5.41, 5.74) is 9.16. The van der Waals surface area contributed by atoms with Crippen molar-refractivity contribution in [1.82, 2.24) is 4.68 Å². The lowest BCUT2D eigenvalue weighted by atomic mass is 9.90. The number of azo groups is 1. The molecule has 1 aromatic carbocycles. The number of aromatic nitrogens is 1. The van der Waals surface area contributed by atoms with Gasteiger partial charge in [-0.1, -0.05) is 18.0 Å². The van der Waals surface area contributed by atoms with E-state index in [1.807, 2.05) is 6.07 Å². The van der Waals surface area contributed by atoms with Gasteiger partial charge in [0.05, 0.1) is 11.4 Å². The predicted octanol–water partition coefficient (Wildman–Crippen LogP) is 4.00. The van der Waals surface area contributed by atoms with Crippen LogP contribution in [0.4, 0.5) is 22.9 Å². The van der Waals surface area contributed by atoms with E-state index in [0.717, 1.165) is 32.1 Å². The van der Waals surface area contributed by atoms with Crippen molar-refractivity contribution in [3.8, 4) is 6.07 Å². The summed E-state index contributed by atoms with van der Waals surface area (Å²) in [6.45, 7) is 0. The molecule has 0 unspecified atom stereocenters. The Labute approximate surface area is 160 Å². The highest BCUT2D eigenvalue weighted by atomic mass is 35.5. The summed E-state index contributed by atoms with van der Waals surface area (Å²) in [5, 5.41) is 21.8. The van der Waals surface area contributed by atoms with Crippen LogP contribution in [0.2, 0.25) is 5.02 Å². The van der Waals surface area contributed by atoms with E-state index in [1.165, 1.54) is 4.68 Å². The molecule has 0 radical (unpaired) electrons. The standard InChI is InChI=1S/C18H18ClN7O/c19-11-4-6-12(7-5-11)23-24-15-14(21)13(10-20)17(27)26-16(15)22-18(25-26)8-2-1-3-9-18/h4-7,22,25H,1-3,8-9,21H2. The van der Waals surface area contributed by atoms with Crippen LogP contribution in [-0.2, 0) is 0 Å². The van der Waals surface area contributed by atoms with Gasteiger partial charge in [-0.3, -0.25) is 10.2 Å². The highest BCUT2D eigenvalue weighted by Gasteiger charge is 2.40. The Kier molecular flexibility index (Phi) is 4.24. The summed E-state index contributed by atoms with van der Waals surface area (Å²) >= 11 is 5.89. The largest absolute Gasteiger partial charge is 0.396 e. The van der Waals surface area contributed by atoms with Crippen molar-refractivity contribution in [2.45, 2.75) is 37.8 Å². The van der Waals surface area contributed by atoms with Crippen molar-refractivity contribution >= 4 is 34.5 Å². The lowest BCUT2D eigenvalue weighted by Crippen LogP contribution is -2.46. The van der Waals surface area contributed by atoms with Gasteiger partial charge in [-0.25, -0.2) is 4.68 Å². The predicted molar refractivity (Wildman–Crippen MR) is 104 cm³/mol. The quantitative estimate of drug-likeness (QED) is 0.677. The molecule has 1 saturated carbocycles. The molecule has 2 heterocycles. The highest BCUT2D eigenvalue weighted by molar-refractivity contribution is 6.30. The molecule has 138 valence electrons.